The monoisotopic (exact) mass is 274 g/mol. The number of rotatable bonds is 6. The summed E-state index contributed by atoms with van der Waals surface area (Å²) in [4.78, 5) is 13.7. The first-order valence-electron chi connectivity index (χ1n) is 6.99. The summed E-state index contributed by atoms with van der Waals surface area (Å²) in [6.45, 7) is 5.22. The quantitative estimate of drug-likeness (QED) is 0.779. The molecule has 1 rings (SSSR count). The molecule has 2 unspecified atom stereocenters. The lowest BCUT2D eigenvalue weighted by Crippen LogP contribution is -2.47. The number of thioether (sulfide) groups is 1. The number of hydrogen-bond donors (Lipinski definition) is 2. The van der Waals surface area contributed by atoms with Crippen LogP contribution in [0.15, 0.2) is 0 Å². The fourth-order valence-corrected chi connectivity index (χ4v) is 3.63. The normalized spacial score (nSPS) is 23.7. The van der Waals surface area contributed by atoms with Crippen molar-refractivity contribution in [1.29, 1.82) is 0 Å². The van der Waals surface area contributed by atoms with Crippen LogP contribution in [0, 0.1) is 0 Å². The lowest BCUT2D eigenvalue weighted by atomic mass is 9.95. The van der Waals surface area contributed by atoms with Crippen LogP contribution in [0.4, 0.5) is 4.79 Å². The highest BCUT2D eigenvalue weighted by molar-refractivity contribution is 7.99. The van der Waals surface area contributed by atoms with Crippen LogP contribution in [-0.2, 0) is 0 Å². The molecule has 1 aliphatic carbocycles. The molecule has 106 valence electrons. The first-order chi connectivity index (χ1) is 8.71. The Labute approximate surface area is 115 Å². The molecule has 4 nitrogen and oxygen atoms in total. The second-order valence-corrected chi connectivity index (χ2v) is 6.27. The van der Waals surface area contributed by atoms with Gasteiger partial charge in [-0.3, -0.25) is 0 Å². The first kappa shape index (κ1) is 15.6. The first-order valence-corrected chi connectivity index (χ1v) is 8.04. The van der Waals surface area contributed by atoms with Crippen LogP contribution < -0.4 is 5.32 Å². The predicted octanol–water partition coefficient (Wildman–Crippen LogP) is 2.07. The van der Waals surface area contributed by atoms with Gasteiger partial charge in [-0.25, -0.2) is 4.79 Å². The summed E-state index contributed by atoms with van der Waals surface area (Å²) in [5.74, 6) is 1.15. The van der Waals surface area contributed by atoms with E-state index in [0.717, 1.165) is 18.6 Å². The lowest BCUT2D eigenvalue weighted by molar-refractivity contribution is 0.174. The van der Waals surface area contributed by atoms with E-state index in [1.54, 1.807) is 4.90 Å². The third-order valence-corrected chi connectivity index (χ3v) is 4.63. The van der Waals surface area contributed by atoms with Gasteiger partial charge in [0.25, 0.3) is 0 Å². The number of likely N-dealkylation sites (N-methyl/N-ethyl adjacent to an activating group) is 1. The molecule has 0 aromatic carbocycles. The number of nitrogens with one attached hydrogen (secondary N) is 1. The van der Waals surface area contributed by atoms with E-state index in [4.69, 9.17) is 5.11 Å². The second-order valence-electron chi connectivity index (χ2n) is 4.69. The Bertz CT molecular complexity index is 249. The van der Waals surface area contributed by atoms with Crippen LogP contribution in [0.25, 0.3) is 0 Å². The van der Waals surface area contributed by atoms with E-state index in [-0.39, 0.29) is 12.6 Å². The summed E-state index contributed by atoms with van der Waals surface area (Å²) in [5.41, 5.74) is 0. The predicted molar refractivity (Wildman–Crippen MR) is 77.0 cm³/mol. The van der Waals surface area contributed by atoms with Gasteiger partial charge in [0.2, 0.25) is 0 Å². The van der Waals surface area contributed by atoms with Crippen LogP contribution in [0.2, 0.25) is 0 Å². The minimum atomic E-state index is -0.0290. The van der Waals surface area contributed by atoms with Crippen LogP contribution in [0.1, 0.15) is 39.5 Å². The number of carbonyl (C=O) groups is 1. The maximum Gasteiger partial charge on any atom is 0.317 e. The molecule has 0 radical (unpaired) electrons. The van der Waals surface area contributed by atoms with E-state index < -0.39 is 0 Å². The van der Waals surface area contributed by atoms with Crippen LogP contribution in [0.5, 0.6) is 0 Å². The van der Waals surface area contributed by atoms with Gasteiger partial charge in [-0.15, -0.1) is 0 Å². The van der Waals surface area contributed by atoms with Gasteiger partial charge in [-0.2, -0.15) is 11.8 Å². The van der Waals surface area contributed by atoms with E-state index in [9.17, 15) is 4.79 Å². The van der Waals surface area contributed by atoms with Crippen molar-refractivity contribution in [2.75, 3.05) is 25.4 Å². The molecule has 5 heteroatoms. The average Bonchev–Trinajstić information content (AvgIpc) is 2.36. The molecule has 1 fully saturated rings. The molecule has 1 aliphatic rings. The molecule has 0 saturated heterocycles. The standard InChI is InChI=1S/C13H26N2O2S/c1-3-15(8-9-16)13(17)14-11-6-5-7-12(10-11)18-4-2/h11-12,16H,3-10H2,1-2H3,(H,14,17). The second kappa shape index (κ2) is 8.64. The SMILES string of the molecule is CCSC1CCCC(NC(=O)N(CC)CCO)C1. The average molecular weight is 274 g/mol. The lowest BCUT2D eigenvalue weighted by Gasteiger charge is -2.31. The Morgan fingerprint density at radius 3 is 2.83 bits per heavy atom. The van der Waals surface area contributed by atoms with E-state index in [1.807, 2.05) is 18.7 Å². The molecule has 2 amide bonds. The summed E-state index contributed by atoms with van der Waals surface area (Å²) in [5, 5.41) is 12.7. The van der Waals surface area contributed by atoms with Crippen LogP contribution in [-0.4, -0.2) is 52.8 Å². The summed E-state index contributed by atoms with van der Waals surface area (Å²) >= 11 is 2.00. The zero-order chi connectivity index (χ0) is 13.4. The number of aliphatic hydroxyl groups is 1. The van der Waals surface area contributed by atoms with Gasteiger partial charge < -0.3 is 15.3 Å². The molecule has 0 heterocycles. The summed E-state index contributed by atoms with van der Waals surface area (Å²) < 4.78 is 0. The molecule has 2 atom stereocenters. The van der Waals surface area contributed by atoms with E-state index >= 15 is 0 Å². The zero-order valence-electron chi connectivity index (χ0n) is 11.5. The number of aliphatic hydroxyl groups excluding tert-OH is 1. The highest BCUT2D eigenvalue weighted by atomic mass is 32.2. The van der Waals surface area contributed by atoms with Gasteiger partial charge in [0, 0.05) is 24.4 Å². The van der Waals surface area contributed by atoms with Crippen molar-refractivity contribution in [3.8, 4) is 0 Å². The molecule has 0 bridgehead atoms. The zero-order valence-corrected chi connectivity index (χ0v) is 12.3. The van der Waals surface area contributed by atoms with E-state index in [2.05, 4.69) is 12.2 Å². The highest BCUT2D eigenvalue weighted by Gasteiger charge is 2.24. The Hall–Kier alpha value is -0.420. The van der Waals surface area contributed by atoms with Gasteiger partial charge in [-0.1, -0.05) is 13.3 Å². The number of hydrogen-bond acceptors (Lipinski definition) is 3. The van der Waals surface area contributed by atoms with E-state index in [0.29, 0.717) is 24.4 Å². The van der Waals surface area contributed by atoms with Gasteiger partial charge >= 0.3 is 6.03 Å². The fraction of sp³-hybridized carbons (Fsp3) is 0.923. The molecular formula is C13H26N2O2S. The van der Waals surface area contributed by atoms with Crippen molar-refractivity contribution >= 4 is 17.8 Å². The fourth-order valence-electron chi connectivity index (χ4n) is 2.45. The summed E-state index contributed by atoms with van der Waals surface area (Å²) in [6, 6.07) is 0.279. The Morgan fingerprint density at radius 1 is 1.44 bits per heavy atom. The third kappa shape index (κ3) is 5.06. The van der Waals surface area contributed by atoms with Crippen molar-refractivity contribution in [3.63, 3.8) is 0 Å². The van der Waals surface area contributed by atoms with Gasteiger partial charge in [0.15, 0.2) is 0 Å². The number of amides is 2. The van der Waals surface area contributed by atoms with Crippen molar-refractivity contribution in [2.24, 2.45) is 0 Å². The minimum absolute atomic E-state index is 0.0280. The number of nitrogens with zero attached hydrogens (tertiary/aromatic N) is 1. The third-order valence-electron chi connectivity index (χ3n) is 3.39. The largest absolute Gasteiger partial charge is 0.395 e. The summed E-state index contributed by atoms with van der Waals surface area (Å²) in [6.07, 6.45) is 4.65. The van der Waals surface area contributed by atoms with E-state index in [1.165, 1.54) is 12.8 Å². The maximum atomic E-state index is 12.0. The minimum Gasteiger partial charge on any atom is -0.395 e. The number of urea groups is 1. The number of carbonyl (C=O) groups excluding carboxylic acids is 1. The molecule has 0 spiro atoms. The van der Waals surface area contributed by atoms with Crippen molar-refractivity contribution in [3.05, 3.63) is 0 Å². The molecule has 0 aromatic rings. The maximum absolute atomic E-state index is 12.0. The Kier molecular flexibility index (Phi) is 7.51. The van der Waals surface area contributed by atoms with Gasteiger partial charge in [-0.05, 0) is 31.9 Å². The van der Waals surface area contributed by atoms with Crippen molar-refractivity contribution in [2.45, 2.75) is 50.8 Å². The Morgan fingerprint density at radius 2 is 2.22 bits per heavy atom. The molecule has 2 N–H and O–H groups in total. The molecule has 1 saturated carbocycles. The molecular weight excluding hydrogens is 248 g/mol. The van der Waals surface area contributed by atoms with Crippen LogP contribution >= 0.6 is 11.8 Å². The van der Waals surface area contributed by atoms with Gasteiger partial charge in [0.1, 0.15) is 0 Å². The molecule has 0 aliphatic heterocycles. The van der Waals surface area contributed by atoms with Crippen LogP contribution in [0.3, 0.4) is 0 Å². The Balaban J connectivity index is 2.38. The topological polar surface area (TPSA) is 52.6 Å². The highest BCUT2D eigenvalue weighted by Crippen LogP contribution is 2.28. The smallest absolute Gasteiger partial charge is 0.317 e. The van der Waals surface area contributed by atoms with Gasteiger partial charge in [0.05, 0.1) is 6.61 Å². The summed E-state index contributed by atoms with van der Waals surface area (Å²) in [7, 11) is 0. The van der Waals surface area contributed by atoms with Crippen molar-refractivity contribution < 1.29 is 9.90 Å². The molecule has 0 aromatic heterocycles. The van der Waals surface area contributed by atoms with Crippen molar-refractivity contribution in [1.82, 2.24) is 10.2 Å². The molecule has 18 heavy (non-hydrogen) atoms.